The second kappa shape index (κ2) is 6.03. The number of rotatable bonds is 5. The third-order valence-electron chi connectivity index (χ3n) is 2.07. The minimum atomic E-state index is 0.193. The van der Waals surface area contributed by atoms with E-state index < -0.39 is 0 Å². The van der Waals surface area contributed by atoms with E-state index in [4.69, 9.17) is 34.3 Å². The van der Waals surface area contributed by atoms with Crippen LogP contribution in [0.4, 0.5) is 5.69 Å². The highest BCUT2D eigenvalue weighted by Crippen LogP contribution is 2.23. The van der Waals surface area contributed by atoms with Gasteiger partial charge in [-0.25, -0.2) is 0 Å². The lowest BCUT2D eigenvalue weighted by Crippen LogP contribution is -2.21. The van der Waals surface area contributed by atoms with Crippen LogP contribution in [0, 0.1) is 0 Å². The van der Waals surface area contributed by atoms with Crippen LogP contribution < -0.4 is 11.1 Å². The second-order valence-electron chi connectivity index (χ2n) is 3.56. The maximum Gasteiger partial charge on any atom is 0.104 e. The van der Waals surface area contributed by atoms with Crippen molar-refractivity contribution in [2.75, 3.05) is 19.0 Å². The van der Waals surface area contributed by atoms with Crippen molar-refractivity contribution in [2.24, 2.45) is 5.73 Å². The summed E-state index contributed by atoms with van der Waals surface area (Å²) >= 11 is 11.0. The molecule has 1 aromatic rings. The molecule has 0 aromatic heterocycles. The summed E-state index contributed by atoms with van der Waals surface area (Å²) in [6, 6.07) is 5.66. The van der Waals surface area contributed by atoms with Gasteiger partial charge >= 0.3 is 0 Å². The lowest BCUT2D eigenvalue weighted by molar-refractivity contribution is 0.190. The summed E-state index contributed by atoms with van der Waals surface area (Å²) in [7, 11) is 1.66. The Hall–Kier alpha value is -0.840. The minimum absolute atomic E-state index is 0.193. The Kier molecular flexibility index (Phi) is 4.99. The number of nitrogens with two attached hydrogens (primary N) is 1. The Morgan fingerprint density at radius 3 is 2.81 bits per heavy atom. The molecule has 0 aliphatic carbocycles. The number of hydrogen-bond acceptors (Lipinski definition) is 3. The molecule has 0 saturated heterocycles. The van der Waals surface area contributed by atoms with Gasteiger partial charge in [-0.3, -0.25) is 0 Å². The fraction of sp³-hybridized carbons (Fsp3) is 0.364. The van der Waals surface area contributed by atoms with Crippen molar-refractivity contribution in [2.45, 2.75) is 13.0 Å². The lowest BCUT2D eigenvalue weighted by Gasteiger charge is -2.15. The van der Waals surface area contributed by atoms with E-state index in [0.29, 0.717) is 16.6 Å². The van der Waals surface area contributed by atoms with Gasteiger partial charge in [-0.2, -0.15) is 0 Å². The number of nitrogens with one attached hydrogen (secondary N) is 1. The van der Waals surface area contributed by atoms with Crippen molar-refractivity contribution in [1.82, 2.24) is 0 Å². The highest BCUT2D eigenvalue weighted by atomic mass is 35.5. The number of ether oxygens (including phenoxy) is 1. The van der Waals surface area contributed by atoms with Crippen LogP contribution in [-0.4, -0.2) is 24.7 Å². The molecule has 0 saturated carbocycles. The molecule has 3 nitrogen and oxygen atoms in total. The van der Waals surface area contributed by atoms with Gasteiger partial charge in [0.15, 0.2) is 0 Å². The highest BCUT2D eigenvalue weighted by molar-refractivity contribution is 7.80. The molecule has 0 aliphatic heterocycles. The van der Waals surface area contributed by atoms with Crippen molar-refractivity contribution in [3.05, 3.63) is 28.8 Å². The van der Waals surface area contributed by atoms with Gasteiger partial charge in [0.05, 0.1) is 17.3 Å². The lowest BCUT2D eigenvalue weighted by atomic mass is 10.2. The molecule has 0 radical (unpaired) electrons. The van der Waals surface area contributed by atoms with E-state index in [9.17, 15) is 0 Å². The van der Waals surface area contributed by atoms with E-state index in [0.717, 1.165) is 11.3 Å². The summed E-state index contributed by atoms with van der Waals surface area (Å²) in [5.41, 5.74) is 7.14. The van der Waals surface area contributed by atoms with E-state index in [-0.39, 0.29) is 6.04 Å². The van der Waals surface area contributed by atoms with E-state index in [1.165, 1.54) is 0 Å². The highest BCUT2D eigenvalue weighted by Gasteiger charge is 2.06. The monoisotopic (exact) mass is 258 g/mol. The van der Waals surface area contributed by atoms with Gasteiger partial charge < -0.3 is 15.8 Å². The van der Waals surface area contributed by atoms with Crippen molar-refractivity contribution in [3.8, 4) is 0 Å². The summed E-state index contributed by atoms with van der Waals surface area (Å²) in [6.45, 7) is 2.63. The molecule has 0 fully saturated rings. The van der Waals surface area contributed by atoms with Gasteiger partial charge in [-0.15, -0.1) is 0 Å². The molecule has 0 bridgehead atoms. The van der Waals surface area contributed by atoms with Crippen LogP contribution in [-0.2, 0) is 4.74 Å². The Morgan fingerprint density at radius 2 is 2.31 bits per heavy atom. The standard InChI is InChI=1S/C11H15ClN2OS/c1-7(6-15-2)14-10-4-3-8(11(13)16)5-9(10)12/h3-5,7,14H,6H2,1-2H3,(H2,13,16). The summed E-state index contributed by atoms with van der Waals surface area (Å²) in [5.74, 6) is 0. The van der Waals surface area contributed by atoms with Gasteiger partial charge in [0.1, 0.15) is 4.99 Å². The molecule has 0 amide bonds. The predicted molar refractivity (Wildman–Crippen MR) is 72.3 cm³/mol. The zero-order valence-corrected chi connectivity index (χ0v) is 10.9. The fourth-order valence-electron chi connectivity index (χ4n) is 1.34. The first kappa shape index (κ1) is 13.2. The minimum Gasteiger partial charge on any atom is -0.389 e. The molecular formula is C11H15ClN2OS. The number of hydrogen-bond donors (Lipinski definition) is 2. The Bertz CT molecular complexity index is 384. The van der Waals surface area contributed by atoms with Crippen molar-refractivity contribution < 1.29 is 4.74 Å². The van der Waals surface area contributed by atoms with Gasteiger partial charge in [-0.05, 0) is 25.1 Å². The molecule has 0 spiro atoms. The maximum atomic E-state index is 6.10. The first-order chi connectivity index (χ1) is 7.54. The van der Waals surface area contributed by atoms with Crippen LogP contribution in [0.3, 0.4) is 0 Å². The third-order valence-corrected chi connectivity index (χ3v) is 2.62. The van der Waals surface area contributed by atoms with Gasteiger partial charge in [0, 0.05) is 18.7 Å². The molecular weight excluding hydrogens is 244 g/mol. The molecule has 0 aliphatic rings. The zero-order valence-electron chi connectivity index (χ0n) is 9.29. The second-order valence-corrected chi connectivity index (χ2v) is 4.41. The van der Waals surface area contributed by atoms with Crippen molar-refractivity contribution in [3.63, 3.8) is 0 Å². The van der Waals surface area contributed by atoms with Crippen molar-refractivity contribution in [1.29, 1.82) is 0 Å². The topological polar surface area (TPSA) is 47.3 Å². The Balaban J connectivity index is 2.79. The van der Waals surface area contributed by atoms with Crippen LogP contribution in [0.2, 0.25) is 5.02 Å². The van der Waals surface area contributed by atoms with Crippen LogP contribution in [0.25, 0.3) is 0 Å². The number of thiocarbonyl (C=S) groups is 1. The van der Waals surface area contributed by atoms with Gasteiger partial charge in [-0.1, -0.05) is 23.8 Å². The summed E-state index contributed by atoms with van der Waals surface area (Å²) in [4.78, 5) is 0.346. The number of anilines is 1. The molecule has 88 valence electrons. The molecule has 1 rings (SSSR count). The number of benzene rings is 1. The first-order valence-corrected chi connectivity index (χ1v) is 5.68. The summed E-state index contributed by atoms with van der Waals surface area (Å²) in [5, 5.41) is 3.84. The maximum absolute atomic E-state index is 6.10. The molecule has 1 unspecified atom stereocenters. The first-order valence-electron chi connectivity index (χ1n) is 4.89. The summed E-state index contributed by atoms with van der Waals surface area (Å²) in [6.07, 6.45) is 0. The van der Waals surface area contributed by atoms with Crippen LogP contribution in [0.15, 0.2) is 18.2 Å². The number of halogens is 1. The molecule has 3 N–H and O–H groups in total. The normalized spacial score (nSPS) is 12.2. The molecule has 1 aromatic carbocycles. The molecule has 0 heterocycles. The zero-order chi connectivity index (χ0) is 12.1. The predicted octanol–water partition coefficient (Wildman–Crippen LogP) is 2.42. The SMILES string of the molecule is COCC(C)Nc1ccc(C(N)=S)cc1Cl. The Labute approximate surface area is 106 Å². The molecule has 5 heteroatoms. The van der Waals surface area contributed by atoms with E-state index >= 15 is 0 Å². The average Bonchev–Trinajstić information content (AvgIpc) is 2.21. The van der Waals surface area contributed by atoms with Crippen LogP contribution in [0.5, 0.6) is 0 Å². The average molecular weight is 259 g/mol. The largest absolute Gasteiger partial charge is 0.389 e. The van der Waals surface area contributed by atoms with Crippen LogP contribution >= 0.6 is 23.8 Å². The summed E-state index contributed by atoms with van der Waals surface area (Å²) < 4.78 is 5.03. The van der Waals surface area contributed by atoms with E-state index in [2.05, 4.69) is 5.32 Å². The number of methoxy groups -OCH3 is 1. The van der Waals surface area contributed by atoms with Crippen LogP contribution in [0.1, 0.15) is 12.5 Å². The quantitative estimate of drug-likeness (QED) is 0.797. The molecule has 1 atom stereocenters. The van der Waals surface area contributed by atoms with Gasteiger partial charge in [0.2, 0.25) is 0 Å². The van der Waals surface area contributed by atoms with Crippen molar-refractivity contribution >= 4 is 34.5 Å². The fourth-order valence-corrected chi connectivity index (χ4v) is 1.70. The van der Waals surface area contributed by atoms with E-state index in [1.807, 2.05) is 19.1 Å². The Morgan fingerprint density at radius 1 is 1.62 bits per heavy atom. The molecule has 16 heavy (non-hydrogen) atoms. The van der Waals surface area contributed by atoms with Gasteiger partial charge in [0.25, 0.3) is 0 Å². The smallest absolute Gasteiger partial charge is 0.104 e. The third kappa shape index (κ3) is 3.63. The van der Waals surface area contributed by atoms with E-state index in [1.54, 1.807) is 13.2 Å².